The Morgan fingerprint density at radius 2 is 1.65 bits per heavy atom. The Kier molecular flexibility index (Phi) is 9.06. The van der Waals surface area contributed by atoms with Crippen LogP contribution in [0.5, 0.6) is 0 Å². The van der Waals surface area contributed by atoms with E-state index in [0.29, 0.717) is 12.5 Å². The number of hydrogen-bond donors (Lipinski definition) is 2. The molecule has 0 aromatic heterocycles. The van der Waals surface area contributed by atoms with E-state index in [1.54, 1.807) is 13.8 Å². The lowest BCUT2D eigenvalue weighted by Gasteiger charge is -2.27. The zero-order chi connectivity index (χ0) is 12.9. The van der Waals surface area contributed by atoms with E-state index >= 15 is 0 Å². The molecule has 102 valence electrons. The average molecular weight is 266 g/mol. The first-order valence-electron chi connectivity index (χ1n) is 5.58. The predicted molar refractivity (Wildman–Crippen MR) is 70.7 cm³/mol. The van der Waals surface area contributed by atoms with Crippen LogP contribution in [0.3, 0.4) is 0 Å². The lowest BCUT2D eigenvalue weighted by Crippen LogP contribution is -2.46. The van der Waals surface area contributed by atoms with Crippen LogP contribution in [0.2, 0.25) is 0 Å². The van der Waals surface area contributed by atoms with Crippen molar-refractivity contribution in [3.8, 4) is 0 Å². The van der Waals surface area contributed by atoms with Crippen LogP contribution in [0.4, 0.5) is 0 Å². The van der Waals surface area contributed by atoms with Crippen molar-refractivity contribution in [2.75, 3.05) is 13.1 Å². The van der Waals surface area contributed by atoms with Crippen molar-refractivity contribution in [2.24, 2.45) is 23.3 Å². The summed E-state index contributed by atoms with van der Waals surface area (Å²) < 4.78 is 0. The van der Waals surface area contributed by atoms with Gasteiger partial charge >= 0.3 is 0 Å². The van der Waals surface area contributed by atoms with Crippen LogP contribution in [0.1, 0.15) is 27.7 Å². The van der Waals surface area contributed by atoms with Crippen molar-refractivity contribution in [3.05, 3.63) is 0 Å². The average Bonchev–Trinajstić information content (AvgIpc) is 2.12. The number of rotatable bonds is 6. The monoisotopic (exact) mass is 265 g/mol. The molecule has 6 heteroatoms. The molecule has 0 aliphatic carbocycles. The van der Waals surface area contributed by atoms with Gasteiger partial charge in [0.2, 0.25) is 11.8 Å². The zero-order valence-electron chi connectivity index (χ0n) is 11.0. The molecule has 0 heterocycles. The number of nitrogens with zero attached hydrogens (tertiary/aromatic N) is 1. The molecule has 2 atom stereocenters. The summed E-state index contributed by atoms with van der Waals surface area (Å²) in [7, 11) is 0. The van der Waals surface area contributed by atoms with E-state index in [1.165, 1.54) is 4.90 Å². The lowest BCUT2D eigenvalue weighted by molar-refractivity contribution is -0.139. The minimum absolute atomic E-state index is 0. The lowest BCUT2D eigenvalue weighted by atomic mass is 10.0. The number of primary amides is 1. The summed E-state index contributed by atoms with van der Waals surface area (Å²) in [4.78, 5) is 24.4. The van der Waals surface area contributed by atoms with Gasteiger partial charge in [-0.2, -0.15) is 0 Å². The number of amides is 2. The number of halogens is 1. The van der Waals surface area contributed by atoms with Gasteiger partial charge in [0.25, 0.3) is 0 Å². The van der Waals surface area contributed by atoms with E-state index in [0.717, 1.165) is 0 Å². The summed E-state index contributed by atoms with van der Waals surface area (Å²) in [5.41, 5.74) is 10.8. The largest absolute Gasteiger partial charge is 0.368 e. The molecular formula is C11H24ClN3O2. The van der Waals surface area contributed by atoms with Crippen LogP contribution < -0.4 is 11.5 Å². The molecule has 0 rings (SSSR count). The first-order valence-corrected chi connectivity index (χ1v) is 5.58. The van der Waals surface area contributed by atoms with Gasteiger partial charge in [0.05, 0.1) is 12.5 Å². The molecular weight excluding hydrogens is 242 g/mol. The third kappa shape index (κ3) is 7.18. The van der Waals surface area contributed by atoms with E-state index < -0.39 is 5.91 Å². The Hall–Kier alpha value is -0.810. The zero-order valence-corrected chi connectivity index (χ0v) is 11.8. The molecule has 0 aromatic carbocycles. The van der Waals surface area contributed by atoms with E-state index in [9.17, 15) is 9.59 Å². The van der Waals surface area contributed by atoms with Crippen molar-refractivity contribution in [3.63, 3.8) is 0 Å². The molecule has 2 unspecified atom stereocenters. The molecule has 0 saturated carbocycles. The highest BCUT2D eigenvalue weighted by Gasteiger charge is 2.24. The molecule has 0 aliphatic heterocycles. The molecule has 0 spiro atoms. The maximum Gasteiger partial charge on any atom is 0.237 e. The molecule has 0 saturated heterocycles. The quantitative estimate of drug-likeness (QED) is 0.727. The van der Waals surface area contributed by atoms with Gasteiger partial charge < -0.3 is 16.4 Å². The minimum Gasteiger partial charge on any atom is -0.368 e. The van der Waals surface area contributed by atoms with Crippen LogP contribution in [0.25, 0.3) is 0 Å². The number of carbonyl (C=O) groups is 2. The van der Waals surface area contributed by atoms with Gasteiger partial charge in [-0.1, -0.05) is 20.8 Å². The van der Waals surface area contributed by atoms with Crippen molar-refractivity contribution in [1.82, 2.24) is 4.90 Å². The fraction of sp³-hybridized carbons (Fsp3) is 0.818. The highest BCUT2D eigenvalue weighted by molar-refractivity contribution is 5.85. The molecule has 0 aliphatic rings. The summed E-state index contributed by atoms with van der Waals surface area (Å²) in [5.74, 6) is -0.602. The van der Waals surface area contributed by atoms with Gasteiger partial charge in [-0.3, -0.25) is 9.59 Å². The van der Waals surface area contributed by atoms with Gasteiger partial charge in [0, 0.05) is 12.6 Å². The molecule has 2 amide bonds. The topological polar surface area (TPSA) is 89.4 Å². The SMILES string of the molecule is CC(C)CN(CC(N)=O)C(=O)C(C)C(C)N.Cl. The third-order valence-electron chi connectivity index (χ3n) is 2.42. The standard InChI is InChI=1S/C11H23N3O2.ClH/c1-7(2)5-14(6-10(13)15)11(16)8(3)9(4)12;/h7-9H,5-6,12H2,1-4H3,(H2,13,15);1H. The van der Waals surface area contributed by atoms with E-state index in [1.807, 2.05) is 13.8 Å². The molecule has 5 nitrogen and oxygen atoms in total. The maximum atomic E-state index is 12.0. The number of hydrogen-bond acceptors (Lipinski definition) is 3. The van der Waals surface area contributed by atoms with Gasteiger partial charge in [-0.25, -0.2) is 0 Å². The van der Waals surface area contributed by atoms with Gasteiger partial charge in [0.1, 0.15) is 0 Å². The van der Waals surface area contributed by atoms with Crippen LogP contribution >= 0.6 is 12.4 Å². The van der Waals surface area contributed by atoms with Crippen molar-refractivity contribution >= 4 is 24.2 Å². The molecule has 0 aromatic rings. The minimum atomic E-state index is -0.495. The van der Waals surface area contributed by atoms with Crippen LogP contribution in [-0.2, 0) is 9.59 Å². The first kappa shape index (κ1) is 18.6. The Labute approximate surface area is 109 Å². The molecule has 17 heavy (non-hydrogen) atoms. The van der Waals surface area contributed by atoms with Crippen LogP contribution in [0, 0.1) is 11.8 Å². The van der Waals surface area contributed by atoms with E-state index in [2.05, 4.69) is 0 Å². The van der Waals surface area contributed by atoms with Gasteiger partial charge in [-0.05, 0) is 12.8 Å². The normalized spacial score (nSPS) is 13.8. The second-order valence-corrected chi connectivity index (χ2v) is 4.73. The van der Waals surface area contributed by atoms with E-state index in [4.69, 9.17) is 11.5 Å². The summed E-state index contributed by atoms with van der Waals surface area (Å²) in [6, 6.07) is -0.227. The highest BCUT2D eigenvalue weighted by Crippen LogP contribution is 2.08. The smallest absolute Gasteiger partial charge is 0.237 e. The highest BCUT2D eigenvalue weighted by atomic mass is 35.5. The summed E-state index contributed by atoms with van der Waals surface area (Å²) in [6.45, 7) is 8.00. The molecule has 0 radical (unpaired) electrons. The number of carbonyl (C=O) groups excluding carboxylic acids is 2. The predicted octanol–water partition coefficient (Wildman–Crippen LogP) is 0.361. The Morgan fingerprint density at radius 1 is 1.18 bits per heavy atom. The second-order valence-electron chi connectivity index (χ2n) is 4.73. The van der Waals surface area contributed by atoms with Crippen LogP contribution in [-0.4, -0.2) is 35.8 Å². The maximum absolute atomic E-state index is 12.0. The number of nitrogens with two attached hydrogens (primary N) is 2. The Morgan fingerprint density at radius 3 is 1.94 bits per heavy atom. The fourth-order valence-electron chi connectivity index (χ4n) is 1.37. The summed E-state index contributed by atoms with van der Waals surface area (Å²) in [5, 5.41) is 0. The van der Waals surface area contributed by atoms with Gasteiger partial charge in [-0.15, -0.1) is 12.4 Å². The molecule has 0 bridgehead atoms. The van der Waals surface area contributed by atoms with Crippen molar-refractivity contribution in [1.29, 1.82) is 0 Å². The fourth-order valence-corrected chi connectivity index (χ4v) is 1.37. The first-order chi connectivity index (χ1) is 7.25. The molecule has 0 fully saturated rings. The van der Waals surface area contributed by atoms with Crippen molar-refractivity contribution < 1.29 is 9.59 Å². The van der Waals surface area contributed by atoms with Gasteiger partial charge in [0.15, 0.2) is 0 Å². The van der Waals surface area contributed by atoms with Crippen molar-refractivity contribution in [2.45, 2.75) is 33.7 Å². The van der Waals surface area contributed by atoms with Crippen LogP contribution in [0.15, 0.2) is 0 Å². The summed E-state index contributed by atoms with van der Waals surface area (Å²) in [6.07, 6.45) is 0. The Balaban J connectivity index is 0. The van der Waals surface area contributed by atoms with E-state index in [-0.39, 0.29) is 36.8 Å². The second kappa shape index (κ2) is 8.31. The third-order valence-corrected chi connectivity index (χ3v) is 2.42. The molecule has 4 N–H and O–H groups in total. The summed E-state index contributed by atoms with van der Waals surface area (Å²) >= 11 is 0. The Bertz CT molecular complexity index is 257.